The van der Waals surface area contributed by atoms with E-state index in [0.717, 1.165) is 6.92 Å². The lowest BCUT2D eigenvalue weighted by molar-refractivity contribution is -0.313. The number of esters is 1. The first-order valence-corrected chi connectivity index (χ1v) is 10.1. The molecule has 1 aromatic rings. The molecule has 0 aromatic heterocycles. The highest BCUT2D eigenvalue weighted by Gasteiger charge is 2.59. The summed E-state index contributed by atoms with van der Waals surface area (Å²) in [4.78, 5) is 24.2. The second kappa shape index (κ2) is 7.68. The van der Waals surface area contributed by atoms with Gasteiger partial charge in [-0.3, -0.25) is 9.59 Å². The third kappa shape index (κ3) is 3.14. The normalized spacial score (nSPS) is 34.5. The molecule has 6 N–H and O–H groups in total. The van der Waals surface area contributed by atoms with E-state index < -0.39 is 59.6 Å². The molecule has 10 heteroatoms. The number of hydrogen-bond donors (Lipinski definition) is 6. The number of aromatic hydroxyl groups is 1. The second-order valence-corrected chi connectivity index (χ2v) is 8.28. The fourth-order valence-corrected chi connectivity index (χ4v) is 4.68. The van der Waals surface area contributed by atoms with Crippen LogP contribution in [-0.4, -0.2) is 73.1 Å². The molecule has 1 heterocycles. The van der Waals surface area contributed by atoms with Crippen molar-refractivity contribution in [1.82, 2.24) is 0 Å². The zero-order valence-corrected chi connectivity index (χ0v) is 17.3. The molecule has 172 valence electrons. The Hall–Kier alpha value is -2.76. The lowest BCUT2D eigenvalue weighted by Crippen LogP contribution is -2.65. The smallest absolute Gasteiger partial charge is 0.305 e. The number of ether oxygens (including phenoxy) is 2. The zero-order valence-electron chi connectivity index (χ0n) is 17.3. The van der Waals surface area contributed by atoms with E-state index >= 15 is 0 Å². The van der Waals surface area contributed by atoms with E-state index in [-0.39, 0.29) is 35.1 Å². The first kappa shape index (κ1) is 22.4. The third-order valence-corrected chi connectivity index (χ3v) is 6.09. The van der Waals surface area contributed by atoms with Crippen LogP contribution in [0.25, 0.3) is 5.76 Å². The summed E-state index contributed by atoms with van der Waals surface area (Å²) in [5, 5.41) is 64.9. The zero-order chi connectivity index (χ0) is 23.5. The Kier molecular flexibility index (Phi) is 5.38. The minimum atomic E-state index is -2.35. The SMILES string of the molecule is CC(=O)O[C@@H]1O[C@@H]([C@]2(O)C3=CCCC(=O)C3=C(O)c3c(O)cc(C)cc32)[C@H](O)[C@@H](O)[C@H]1O. The summed E-state index contributed by atoms with van der Waals surface area (Å²) < 4.78 is 10.5. The van der Waals surface area contributed by atoms with Crippen LogP contribution < -0.4 is 0 Å². The summed E-state index contributed by atoms with van der Waals surface area (Å²) in [5.41, 5.74) is -2.48. The van der Waals surface area contributed by atoms with Gasteiger partial charge in [0.1, 0.15) is 41.5 Å². The first-order chi connectivity index (χ1) is 15.0. The van der Waals surface area contributed by atoms with Crippen molar-refractivity contribution in [2.75, 3.05) is 0 Å². The van der Waals surface area contributed by atoms with E-state index in [4.69, 9.17) is 9.47 Å². The van der Waals surface area contributed by atoms with Crippen LogP contribution in [0.15, 0.2) is 29.4 Å². The molecule has 32 heavy (non-hydrogen) atoms. The van der Waals surface area contributed by atoms with Gasteiger partial charge < -0.3 is 40.1 Å². The number of benzene rings is 1. The highest BCUT2D eigenvalue weighted by molar-refractivity contribution is 6.09. The molecule has 1 saturated heterocycles. The molecule has 0 bridgehead atoms. The number of aliphatic hydroxyl groups is 5. The van der Waals surface area contributed by atoms with Crippen molar-refractivity contribution in [2.24, 2.45) is 0 Å². The predicted octanol–water partition coefficient (Wildman–Crippen LogP) is -0.169. The molecule has 3 aliphatic rings. The summed E-state index contributed by atoms with van der Waals surface area (Å²) in [6.45, 7) is 2.67. The van der Waals surface area contributed by atoms with Crippen LogP contribution in [0.3, 0.4) is 0 Å². The number of ketones is 1. The summed E-state index contributed by atoms with van der Waals surface area (Å²) >= 11 is 0. The number of aryl methyl sites for hydroxylation is 1. The number of carbonyl (C=O) groups excluding carboxylic acids is 2. The van der Waals surface area contributed by atoms with Crippen molar-refractivity contribution >= 4 is 17.5 Å². The molecule has 2 aliphatic carbocycles. The average molecular weight is 448 g/mol. The minimum absolute atomic E-state index is 0.0480. The maximum absolute atomic E-state index is 12.7. The van der Waals surface area contributed by atoms with Gasteiger partial charge >= 0.3 is 5.97 Å². The summed E-state index contributed by atoms with van der Waals surface area (Å²) in [6, 6.07) is 2.77. The van der Waals surface area contributed by atoms with Crippen LogP contribution >= 0.6 is 0 Å². The number of Topliss-reactive ketones (excluding diaryl/α,β-unsaturated/α-hetero) is 1. The Morgan fingerprint density at radius 2 is 1.84 bits per heavy atom. The Morgan fingerprint density at radius 1 is 1.16 bits per heavy atom. The van der Waals surface area contributed by atoms with Gasteiger partial charge in [0.25, 0.3) is 0 Å². The number of rotatable bonds is 2. The molecule has 0 unspecified atom stereocenters. The van der Waals surface area contributed by atoms with Gasteiger partial charge in [-0.2, -0.15) is 0 Å². The number of phenolic OH excluding ortho intramolecular Hbond substituents is 1. The Balaban J connectivity index is 1.97. The van der Waals surface area contributed by atoms with Crippen LogP contribution in [0.1, 0.15) is 36.5 Å². The number of fused-ring (bicyclic) bond motifs is 2. The summed E-state index contributed by atoms with van der Waals surface area (Å²) in [5.74, 6) is -2.28. The molecular formula is C22H24O10. The molecule has 10 nitrogen and oxygen atoms in total. The quantitative estimate of drug-likeness (QED) is 0.333. The largest absolute Gasteiger partial charge is 0.507 e. The van der Waals surface area contributed by atoms with E-state index in [2.05, 4.69) is 0 Å². The molecule has 1 fully saturated rings. The van der Waals surface area contributed by atoms with Crippen molar-refractivity contribution in [3.05, 3.63) is 46.0 Å². The number of phenols is 1. The predicted molar refractivity (Wildman–Crippen MR) is 107 cm³/mol. The molecule has 0 amide bonds. The number of hydrogen-bond acceptors (Lipinski definition) is 10. The van der Waals surface area contributed by atoms with Gasteiger partial charge in [-0.05, 0) is 25.0 Å². The Morgan fingerprint density at radius 3 is 2.50 bits per heavy atom. The molecule has 0 saturated carbocycles. The van der Waals surface area contributed by atoms with Crippen LogP contribution in [0.4, 0.5) is 0 Å². The lowest BCUT2D eigenvalue weighted by Gasteiger charge is -2.49. The van der Waals surface area contributed by atoms with E-state index in [0.29, 0.717) is 5.56 Å². The topological polar surface area (TPSA) is 174 Å². The molecular weight excluding hydrogens is 424 g/mol. The third-order valence-electron chi connectivity index (χ3n) is 6.09. The molecule has 6 atom stereocenters. The summed E-state index contributed by atoms with van der Waals surface area (Å²) in [6.07, 6.45) is -7.29. The van der Waals surface area contributed by atoms with Crippen molar-refractivity contribution < 1.29 is 49.7 Å². The van der Waals surface area contributed by atoms with Gasteiger partial charge in [-0.15, -0.1) is 0 Å². The van der Waals surface area contributed by atoms with Gasteiger partial charge in [-0.25, -0.2) is 0 Å². The standard InChI is InChI=1S/C22H24O10/c1-8-6-11-15(13(25)7-8)16(26)14-10(4-3-5-12(14)24)22(11,30)20-18(28)17(27)19(29)21(32-20)31-9(2)23/h4,6-7,17-21,25-30H,3,5H2,1-2H3/t17-,18-,19-,20-,21-,22+/m1/s1. The van der Waals surface area contributed by atoms with Crippen LogP contribution in [0.2, 0.25) is 0 Å². The van der Waals surface area contributed by atoms with Gasteiger partial charge in [-0.1, -0.05) is 12.1 Å². The maximum Gasteiger partial charge on any atom is 0.305 e. The van der Waals surface area contributed by atoms with Crippen molar-refractivity contribution in [1.29, 1.82) is 0 Å². The molecule has 0 radical (unpaired) electrons. The molecule has 1 aliphatic heterocycles. The van der Waals surface area contributed by atoms with Gasteiger partial charge in [0.05, 0.1) is 11.1 Å². The Bertz CT molecular complexity index is 1060. The summed E-state index contributed by atoms with van der Waals surface area (Å²) in [7, 11) is 0. The fourth-order valence-electron chi connectivity index (χ4n) is 4.68. The second-order valence-electron chi connectivity index (χ2n) is 8.28. The molecule has 4 rings (SSSR count). The van der Waals surface area contributed by atoms with Gasteiger partial charge in [0, 0.05) is 24.5 Å². The lowest BCUT2D eigenvalue weighted by atomic mass is 9.66. The van der Waals surface area contributed by atoms with Crippen molar-refractivity contribution in [2.45, 2.75) is 63.0 Å². The van der Waals surface area contributed by atoms with Gasteiger partial charge in [0.2, 0.25) is 6.29 Å². The van der Waals surface area contributed by atoms with Crippen LogP contribution in [0, 0.1) is 6.92 Å². The number of aliphatic hydroxyl groups excluding tert-OH is 4. The van der Waals surface area contributed by atoms with E-state index in [9.17, 15) is 40.2 Å². The monoisotopic (exact) mass is 448 g/mol. The maximum atomic E-state index is 12.7. The van der Waals surface area contributed by atoms with Crippen molar-refractivity contribution in [3.8, 4) is 5.75 Å². The average Bonchev–Trinajstić information content (AvgIpc) is 2.71. The van der Waals surface area contributed by atoms with Crippen LogP contribution in [0.5, 0.6) is 5.75 Å². The molecule has 1 aromatic carbocycles. The van der Waals surface area contributed by atoms with E-state index in [1.807, 2.05) is 0 Å². The van der Waals surface area contributed by atoms with Crippen molar-refractivity contribution in [3.63, 3.8) is 0 Å². The van der Waals surface area contributed by atoms with Gasteiger partial charge in [0.15, 0.2) is 5.78 Å². The minimum Gasteiger partial charge on any atom is -0.507 e. The number of carbonyl (C=O) groups is 2. The number of allylic oxidation sites excluding steroid dienone is 1. The molecule has 0 spiro atoms. The van der Waals surface area contributed by atoms with Crippen LogP contribution in [-0.2, 0) is 24.7 Å². The van der Waals surface area contributed by atoms with E-state index in [1.165, 1.54) is 18.2 Å². The van der Waals surface area contributed by atoms with E-state index in [1.54, 1.807) is 6.92 Å². The highest BCUT2D eigenvalue weighted by Crippen LogP contribution is 2.53. The Labute approximate surface area is 182 Å². The fraction of sp³-hybridized carbons (Fsp3) is 0.455. The highest BCUT2D eigenvalue weighted by atomic mass is 16.7. The first-order valence-electron chi connectivity index (χ1n) is 10.1.